The number of aliphatic carboxylic acids is 1. The number of nitrogens with zero attached hydrogens (tertiary/aromatic N) is 1. The van der Waals surface area contributed by atoms with E-state index in [1.54, 1.807) is 0 Å². The number of hydrogen-bond donors (Lipinski definition) is 2. The summed E-state index contributed by atoms with van der Waals surface area (Å²) in [7, 11) is 1.52. The van der Waals surface area contributed by atoms with Crippen molar-refractivity contribution in [2.45, 2.75) is 53.1 Å². The SMILES string of the molecule is Cc1cc(C(C)(C)Nc2cccc(-c3cc(C)c(C(=O)N(C)C(C)C(=O)O)c(C)c3)c2)ccc1Cl. The summed E-state index contributed by atoms with van der Waals surface area (Å²) in [5, 5.41) is 13.7. The number of carbonyl (C=O) groups excluding carboxylic acids is 1. The number of benzene rings is 3. The molecule has 3 aromatic rings. The fraction of sp³-hybridized carbons (Fsp3) is 0.310. The number of anilines is 1. The van der Waals surface area contributed by atoms with E-state index in [1.165, 1.54) is 18.9 Å². The number of likely N-dealkylation sites (N-methyl/N-ethyl adjacent to an activating group) is 1. The lowest BCUT2D eigenvalue weighted by atomic mass is 9.92. The Morgan fingerprint density at radius 1 is 0.943 bits per heavy atom. The van der Waals surface area contributed by atoms with Crippen molar-refractivity contribution >= 4 is 29.2 Å². The van der Waals surface area contributed by atoms with E-state index in [1.807, 2.05) is 63.2 Å². The highest BCUT2D eigenvalue weighted by Crippen LogP contribution is 2.32. The van der Waals surface area contributed by atoms with Crippen molar-refractivity contribution in [2.75, 3.05) is 12.4 Å². The van der Waals surface area contributed by atoms with Gasteiger partial charge in [-0.25, -0.2) is 4.79 Å². The number of amides is 1. The van der Waals surface area contributed by atoms with Crippen LogP contribution >= 0.6 is 11.6 Å². The lowest BCUT2D eigenvalue weighted by molar-refractivity contribution is -0.141. The van der Waals surface area contributed by atoms with E-state index in [9.17, 15) is 14.7 Å². The first-order chi connectivity index (χ1) is 16.3. The summed E-state index contributed by atoms with van der Waals surface area (Å²) in [4.78, 5) is 25.6. The van der Waals surface area contributed by atoms with Crippen LogP contribution in [0.2, 0.25) is 5.02 Å². The van der Waals surface area contributed by atoms with Gasteiger partial charge in [0.1, 0.15) is 6.04 Å². The number of hydrogen-bond acceptors (Lipinski definition) is 3. The summed E-state index contributed by atoms with van der Waals surface area (Å²) in [6.45, 7) is 11.5. The minimum absolute atomic E-state index is 0.295. The van der Waals surface area contributed by atoms with E-state index in [0.717, 1.165) is 44.1 Å². The van der Waals surface area contributed by atoms with Crippen LogP contribution in [-0.2, 0) is 10.3 Å². The number of halogens is 1. The molecule has 0 heterocycles. The number of nitrogens with one attached hydrogen (secondary N) is 1. The van der Waals surface area contributed by atoms with Gasteiger partial charge < -0.3 is 15.3 Å². The fourth-order valence-corrected chi connectivity index (χ4v) is 4.35. The van der Waals surface area contributed by atoms with E-state index >= 15 is 0 Å². The van der Waals surface area contributed by atoms with E-state index in [-0.39, 0.29) is 11.4 Å². The molecule has 0 aliphatic carbocycles. The van der Waals surface area contributed by atoms with Crippen LogP contribution in [0.4, 0.5) is 5.69 Å². The monoisotopic (exact) mass is 492 g/mol. The van der Waals surface area contributed by atoms with Gasteiger partial charge in [-0.1, -0.05) is 48.0 Å². The van der Waals surface area contributed by atoms with E-state index < -0.39 is 12.0 Å². The second kappa shape index (κ2) is 10.1. The van der Waals surface area contributed by atoms with Gasteiger partial charge in [0.05, 0.1) is 5.54 Å². The maximum Gasteiger partial charge on any atom is 0.326 e. The zero-order valence-electron chi connectivity index (χ0n) is 21.4. The molecule has 2 N–H and O–H groups in total. The quantitative estimate of drug-likeness (QED) is 0.379. The maximum atomic E-state index is 13.0. The lowest BCUT2D eigenvalue weighted by Gasteiger charge is -2.29. The van der Waals surface area contributed by atoms with Crippen molar-refractivity contribution in [2.24, 2.45) is 0 Å². The molecule has 1 atom stereocenters. The second-order valence-electron chi connectivity index (χ2n) is 9.71. The molecule has 6 heteroatoms. The topological polar surface area (TPSA) is 69.6 Å². The highest BCUT2D eigenvalue weighted by atomic mass is 35.5. The zero-order valence-corrected chi connectivity index (χ0v) is 22.1. The molecule has 3 aromatic carbocycles. The molecule has 0 bridgehead atoms. The number of carbonyl (C=O) groups is 2. The number of carboxylic acid groups (broad SMARTS) is 1. The molecule has 184 valence electrons. The Balaban J connectivity index is 1.91. The molecule has 0 saturated heterocycles. The standard InChI is InChI=1S/C29H33ClN2O3/c1-17-15-23(11-12-25(17)30)29(5,6)31-24-10-8-9-21(16-24)22-13-18(2)26(19(3)14-22)27(33)32(7)20(4)28(34)35/h8-16,20,31H,1-7H3,(H,34,35). The summed E-state index contributed by atoms with van der Waals surface area (Å²) in [5.41, 5.74) is 7.01. The summed E-state index contributed by atoms with van der Waals surface area (Å²) in [5.74, 6) is -1.33. The predicted octanol–water partition coefficient (Wildman–Crippen LogP) is 6.82. The molecule has 1 amide bonds. The maximum absolute atomic E-state index is 13.0. The molecule has 1 unspecified atom stereocenters. The van der Waals surface area contributed by atoms with Gasteiger partial charge in [0.25, 0.3) is 5.91 Å². The minimum atomic E-state index is -1.03. The van der Waals surface area contributed by atoms with Gasteiger partial charge in [-0.2, -0.15) is 0 Å². The fourth-order valence-electron chi connectivity index (χ4n) is 4.23. The van der Waals surface area contributed by atoms with Crippen molar-refractivity contribution in [3.63, 3.8) is 0 Å². The average Bonchev–Trinajstić information content (AvgIpc) is 2.78. The first-order valence-electron chi connectivity index (χ1n) is 11.6. The largest absolute Gasteiger partial charge is 0.480 e. The molecular formula is C29H33ClN2O3. The van der Waals surface area contributed by atoms with Crippen molar-refractivity contribution in [3.05, 3.63) is 87.4 Å². The molecule has 0 spiro atoms. The number of rotatable bonds is 7. The molecule has 5 nitrogen and oxygen atoms in total. The van der Waals surface area contributed by atoms with Crippen LogP contribution in [0.25, 0.3) is 11.1 Å². The molecule has 0 aromatic heterocycles. The number of carboxylic acids is 1. The van der Waals surface area contributed by atoms with Gasteiger partial charge in [0, 0.05) is 23.3 Å². The van der Waals surface area contributed by atoms with Crippen LogP contribution in [0, 0.1) is 20.8 Å². The third-order valence-corrected chi connectivity index (χ3v) is 6.96. The van der Waals surface area contributed by atoms with Gasteiger partial charge >= 0.3 is 5.97 Å². The molecular weight excluding hydrogens is 460 g/mol. The third kappa shape index (κ3) is 5.68. The second-order valence-corrected chi connectivity index (χ2v) is 10.1. The Hall–Kier alpha value is -3.31. The summed E-state index contributed by atoms with van der Waals surface area (Å²) in [6, 6.07) is 17.3. The van der Waals surface area contributed by atoms with E-state index in [4.69, 9.17) is 11.6 Å². The zero-order chi connectivity index (χ0) is 26.1. The Labute approximate surface area is 212 Å². The molecule has 0 aliphatic heterocycles. The number of aryl methyl sites for hydroxylation is 3. The average molecular weight is 493 g/mol. The van der Waals surface area contributed by atoms with E-state index in [2.05, 4.69) is 31.3 Å². The molecule has 0 saturated carbocycles. The van der Waals surface area contributed by atoms with E-state index in [0.29, 0.717) is 5.56 Å². The van der Waals surface area contributed by atoms with Crippen LogP contribution in [-0.4, -0.2) is 35.0 Å². The highest BCUT2D eigenvalue weighted by Gasteiger charge is 2.25. The Bertz CT molecular complexity index is 1260. The van der Waals surface area contributed by atoms with Gasteiger partial charge in [0.2, 0.25) is 0 Å². The lowest BCUT2D eigenvalue weighted by Crippen LogP contribution is -2.40. The minimum Gasteiger partial charge on any atom is -0.480 e. The molecule has 3 rings (SSSR count). The normalized spacial score (nSPS) is 12.2. The van der Waals surface area contributed by atoms with Crippen LogP contribution in [0.3, 0.4) is 0 Å². The molecule has 35 heavy (non-hydrogen) atoms. The Morgan fingerprint density at radius 2 is 1.57 bits per heavy atom. The Kier molecular flexibility index (Phi) is 7.61. The summed E-state index contributed by atoms with van der Waals surface area (Å²) in [6.07, 6.45) is 0. The van der Waals surface area contributed by atoms with Crippen molar-refractivity contribution in [1.29, 1.82) is 0 Å². The van der Waals surface area contributed by atoms with Gasteiger partial charge in [-0.15, -0.1) is 0 Å². The first-order valence-corrected chi connectivity index (χ1v) is 12.0. The van der Waals surface area contributed by atoms with Gasteiger partial charge in [0.15, 0.2) is 0 Å². The van der Waals surface area contributed by atoms with Crippen LogP contribution in [0.5, 0.6) is 0 Å². The van der Waals surface area contributed by atoms with Crippen molar-refractivity contribution in [3.8, 4) is 11.1 Å². The van der Waals surface area contributed by atoms with Crippen LogP contribution in [0.1, 0.15) is 53.4 Å². The summed E-state index contributed by atoms with van der Waals surface area (Å²) < 4.78 is 0. The molecule has 0 aliphatic rings. The highest BCUT2D eigenvalue weighted by molar-refractivity contribution is 6.31. The van der Waals surface area contributed by atoms with Crippen LogP contribution < -0.4 is 5.32 Å². The first kappa shape index (κ1) is 26.3. The smallest absolute Gasteiger partial charge is 0.326 e. The predicted molar refractivity (Wildman–Crippen MR) is 143 cm³/mol. The van der Waals surface area contributed by atoms with Gasteiger partial charge in [-0.05, 0) is 93.1 Å². The van der Waals surface area contributed by atoms with Gasteiger partial charge in [-0.3, -0.25) is 4.79 Å². The molecule has 0 fully saturated rings. The summed E-state index contributed by atoms with van der Waals surface area (Å²) >= 11 is 6.21. The Morgan fingerprint density at radius 3 is 2.14 bits per heavy atom. The molecule has 0 radical (unpaired) electrons. The van der Waals surface area contributed by atoms with Crippen LogP contribution in [0.15, 0.2) is 54.6 Å². The van der Waals surface area contributed by atoms with Crippen molar-refractivity contribution < 1.29 is 14.7 Å². The third-order valence-electron chi connectivity index (χ3n) is 6.54. The van der Waals surface area contributed by atoms with Crippen molar-refractivity contribution in [1.82, 2.24) is 4.90 Å².